The third-order valence-electron chi connectivity index (χ3n) is 4.17. The predicted octanol–water partition coefficient (Wildman–Crippen LogP) is 3.64. The average Bonchev–Trinajstić information content (AvgIpc) is 2.61. The van der Waals surface area contributed by atoms with E-state index in [0.717, 1.165) is 21.8 Å². The van der Waals surface area contributed by atoms with Crippen LogP contribution in [0, 0.1) is 13.8 Å². The van der Waals surface area contributed by atoms with Crippen molar-refractivity contribution in [2.24, 2.45) is 0 Å². The molecule has 1 unspecified atom stereocenters. The van der Waals surface area contributed by atoms with E-state index in [2.05, 4.69) is 50.2 Å². The molecule has 0 saturated heterocycles. The van der Waals surface area contributed by atoms with Gasteiger partial charge in [0.15, 0.2) is 0 Å². The molecule has 0 aliphatic rings. The first-order valence-electron chi connectivity index (χ1n) is 8.13. The van der Waals surface area contributed by atoms with Crippen LogP contribution >= 0.6 is 0 Å². The molecule has 3 aromatic rings. The quantitative estimate of drug-likeness (QED) is 0.657. The first-order valence-corrected chi connectivity index (χ1v) is 10.2. The summed E-state index contributed by atoms with van der Waals surface area (Å²) in [5.74, 6) is 0.839. The van der Waals surface area contributed by atoms with Crippen LogP contribution in [-0.2, 0) is 0 Å². The molecule has 0 spiro atoms. The zero-order chi connectivity index (χ0) is 16.9. The van der Waals surface area contributed by atoms with Crippen LogP contribution in [0.2, 0.25) is 5.32 Å². The third kappa shape index (κ3) is 3.99. The van der Waals surface area contributed by atoms with Crippen molar-refractivity contribution >= 4 is 30.2 Å². The number of hydrogen-bond donors (Lipinski definition) is 1. The zero-order valence-electron chi connectivity index (χ0n) is 14.0. The molecule has 124 valence electrons. The summed E-state index contributed by atoms with van der Waals surface area (Å²) in [6.07, 6.45) is -0.441. The fraction of sp³-hybridized carbons (Fsp3) is 0.238. The Morgan fingerprint density at radius 1 is 0.958 bits per heavy atom. The number of aryl methyl sites for hydroxylation is 1. The van der Waals surface area contributed by atoms with Gasteiger partial charge < -0.3 is 0 Å². The van der Waals surface area contributed by atoms with Gasteiger partial charge in [-0.2, -0.15) is 0 Å². The van der Waals surface area contributed by atoms with Crippen molar-refractivity contribution < 1.29 is 9.84 Å². The van der Waals surface area contributed by atoms with Gasteiger partial charge in [-0.25, -0.2) is 0 Å². The number of aliphatic hydroxyl groups excluding tert-OH is 1. The second-order valence-electron chi connectivity index (χ2n) is 5.95. The van der Waals surface area contributed by atoms with Crippen molar-refractivity contribution in [3.8, 4) is 5.75 Å². The van der Waals surface area contributed by atoms with Crippen molar-refractivity contribution in [1.82, 2.24) is 0 Å². The SMILES string of the molecule is Cc1cccc([Se]CC(O)COc2cccc3ccccc23)c1C. The standard InChI is InChI=1S/C21H22O2Se/c1-15-7-5-12-21(16(15)2)24-14-18(22)13-23-20-11-6-9-17-8-3-4-10-19(17)20/h3-12,18,22H,13-14H2,1-2H3. The Bertz CT molecular complexity index is 824. The van der Waals surface area contributed by atoms with E-state index in [1.165, 1.54) is 15.6 Å². The molecule has 3 rings (SSSR count). The van der Waals surface area contributed by atoms with Gasteiger partial charge in [-0.3, -0.25) is 0 Å². The summed E-state index contributed by atoms with van der Waals surface area (Å²) in [6, 6.07) is 20.6. The molecule has 0 aliphatic heterocycles. The molecular formula is C21H22O2Se. The van der Waals surface area contributed by atoms with Crippen LogP contribution in [0.15, 0.2) is 60.7 Å². The van der Waals surface area contributed by atoms with E-state index < -0.39 is 6.10 Å². The van der Waals surface area contributed by atoms with E-state index in [0.29, 0.717) is 6.61 Å². The summed E-state index contributed by atoms with van der Waals surface area (Å²) >= 11 is 0.262. The molecular weight excluding hydrogens is 363 g/mol. The molecule has 0 saturated carbocycles. The molecule has 0 fully saturated rings. The molecule has 3 aromatic carbocycles. The average molecular weight is 385 g/mol. The van der Waals surface area contributed by atoms with Crippen LogP contribution in [0.25, 0.3) is 10.8 Å². The Morgan fingerprint density at radius 3 is 2.58 bits per heavy atom. The fourth-order valence-corrected chi connectivity index (χ4v) is 4.76. The second kappa shape index (κ2) is 7.85. The van der Waals surface area contributed by atoms with Gasteiger partial charge in [0.25, 0.3) is 0 Å². The number of fused-ring (bicyclic) bond motifs is 1. The normalized spacial score (nSPS) is 12.3. The van der Waals surface area contributed by atoms with Gasteiger partial charge in [-0.15, -0.1) is 0 Å². The first kappa shape index (κ1) is 17.0. The van der Waals surface area contributed by atoms with E-state index in [-0.39, 0.29) is 15.0 Å². The van der Waals surface area contributed by atoms with Gasteiger partial charge in [-0.05, 0) is 0 Å². The summed E-state index contributed by atoms with van der Waals surface area (Å²) in [7, 11) is 0. The van der Waals surface area contributed by atoms with E-state index in [4.69, 9.17) is 4.74 Å². The van der Waals surface area contributed by atoms with Gasteiger partial charge in [0.05, 0.1) is 0 Å². The van der Waals surface area contributed by atoms with Gasteiger partial charge >= 0.3 is 149 Å². The van der Waals surface area contributed by atoms with Gasteiger partial charge in [0.1, 0.15) is 0 Å². The van der Waals surface area contributed by atoms with E-state index >= 15 is 0 Å². The summed E-state index contributed by atoms with van der Waals surface area (Å²) in [5.41, 5.74) is 2.66. The predicted molar refractivity (Wildman–Crippen MR) is 102 cm³/mol. The Kier molecular flexibility index (Phi) is 5.57. The Hall–Kier alpha value is -1.80. The number of ether oxygens (including phenoxy) is 1. The molecule has 24 heavy (non-hydrogen) atoms. The van der Waals surface area contributed by atoms with Crippen molar-refractivity contribution in [2.45, 2.75) is 25.3 Å². The summed E-state index contributed by atoms with van der Waals surface area (Å²) in [4.78, 5) is 0. The number of hydrogen-bond acceptors (Lipinski definition) is 2. The number of aliphatic hydroxyl groups is 1. The van der Waals surface area contributed by atoms with Gasteiger partial charge in [-0.1, -0.05) is 0 Å². The zero-order valence-corrected chi connectivity index (χ0v) is 15.7. The fourth-order valence-electron chi connectivity index (χ4n) is 2.62. The van der Waals surface area contributed by atoms with E-state index in [1.807, 2.05) is 24.3 Å². The van der Waals surface area contributed by atoms with Crippen LogP contribution < -0.4 is 9.20 Å². The summed E-state index contributed by atoms with van der Waals surface area (Å²) < 4.78 is 7.25. The van der Waals surface area contributed by atoms with E-state index in [9.17, 15) is 5.11 Å². The number of rotatable bonds is 6. The molecule has 0 aliphatic carbocycles. The van der Waals surface area contributed by atoms with Crippen molar-refractivity contribution in [2.75, 3.05) is 6.61 Å². The number of benzene rings is 3. The molecule has 0 radical (unpaired) electrons. The van der Waals surface area contributed by atoms with Crippen LogP contribution in [0.3, 0.4) is 0 Å². The molecule has 0 bridgehead atoms. The maximum atomic E-state index is 10.3. The Balaban J connectivity index is 1.59. The van der Waals surface area contributed by atoms with Crippen molar-refractivity contribution in [3.05, 3.63) is 71.8 Å². The molecule has 1 atom stereocenters. The molecule has 3 heteroatoms. The van der Waals surface area contributed by atoms with Crippen LogP contribution in [0.5, 0.6) is 5.75 Å². The Morgan fingerprint density at radius 2 is 1.71 bits per heavy atom. The van der Waals surface area contributed by atoms with Gasteiger partial charge in [0.2, 0.25) is 0 Å². The van der Waals surface area contributed by atoms with Crippen LogP contribution in [-0.4, -0.2) is 32.8 Å². The van der Waals surface area contributed by atoms with Crippen LogP contribution in [0.4, 0.5) is 0 Å². The van der Waals surface area contributed by atoms with Crippen molar-refractivity contribution in [3.63, 3.8) is 0 Å². The minimum atomic E-state index is -0.441. The molecule has 0 amide bonds. The van der Waals surface area contributed by atoms with Crippen molar-refractivity contribution in [1.29, 1.82) is 0 Å². The van der Waals surface area contributed by atoms with E-state index in [1.54, 1.807) is 0 Å². The first-order chi connectivity index (χ1) is 11.6. The van der Waals surface area contributed by atoms with Gasteiger partial charge in [0, 0.05) is 0 Å². The molecule has 2 nitrogen and oxygen atoms in total. The summed E-state index contributed by atoms with van der Waals surface area (Å²) in [5, 5.41) is 13.3. The maximum absolute atomic E-state index is 10.3. The Labute approximate surface area is 149 Å². The summed E-state index contributed by atoms with van der Waals surface area (Å²) in [6.45, 7) is 4.63. The minimum absolute atomic E-state index is 0.262. The third-order valence-corrected chi connectivity index (χ3v) is 6.90. The van der Waals surface area contributed by atoms with Crippen LogP contribution in [0.1, 0.15) is 11.1 Å². The topological polar surface area (TPSA) is 29.5 Å². The molecule has 0 heterocycles. The second-order valence-corrected chi connectivity index (χ2v) is 8.18. The molecule has 0 aromatic heterocycles. The monoisotopic (exact) mass is 386 g/mol. The molecule has 1 N–H and O–H groups in total.